The van der Waals surface area contributed by atoms with Crippen LogP contribution in [0.1, 0.15) is 40.0 Å². The van der Waals surface area contributed by atoms with Crippen molar-refractivity contribution in [3.8, 4) is 45.3 Å². The molecule has 0 amide bonds. The number of aromatic nitrogens is 4. The van der Waals surface area contributed by atoms with Crippen LogP contribution in [0.5, 0.6) is 11.5 Å². The van der Waals surface area contributed by atoms with Crippen molar-refractivity contribution in [2.75, 3.05) is 0 Å². The maximum atomic E-state index is 9.26. The standard InChI is InChI=1S/C64H44N4O.Pt/c1-64(2,3)44-36-37-65-61(38-44)68-57-30-15-14-26-53(57)55-35-33-46(40-60(55)68)69-45-32-34-54-51-24-12-10-22-49(51)50-23-11-13-25-52(50)56-29-17-31-58-63(56)67(59(54)39-45)41-66(58)62-47(42-18-6-4-7-19-42)27-16-28-48(62)43-20-8-5-9-21-43;/h4-38H,1-3H3;/q-2;/i4D,5D,6D,7D,8D,9D,18D,19D,20D,21D;. The Labute approximate surface area is 434 Å². The Kier molecular flexibility index (Phi) is 8.18. The summed E-state index contributed by atoms with van der Waals surface area (Å²) in [6.45, 7) is 6.52. The van der Waals surface area contributed by atoms with Crippen molar-refractivity contribution in [1.29, 1.82) is 0 Å². The predicted molar refractivity (Wildman–Crippen MR) is 282 cm³/mol. The van der Waals surface area contributed by atoms with Crippen LogP contribution >= 0.6 is 0 Å². The van der Waals surface area contributed by atoms with Crippen LogP contribution < -0.4 is 9.30 Å². The molecule has 0 aliphatic carbocycles. The van der Waals surface area contributed by atoms with Crippen LogP contribution in [-0.2, 0) is 26.5 Å². The largest absolute Gasteiger partial charge is 0.510 e. The number of ether oxygens (including phenoxy) is 1. The normalized spacial score (nSPS) is 13.8. The van der Waals surface area contributed by atoms with E-state index in [1.807, 2.05) is 95.5 Å². The van der Waals surface area contributed by atoms with Gasteiger partial charge in [-0.15, -0.1) is 35.0 Å². The average Bonchev–Trinajstić information content (AvgIpc) is 4.05. The van der Waals surface area contributed by atoms with Crippen LogP contribution in [0.3, 0.4) is 0 Å². The van der Waals surface area contributed by atoms with Gasteiger partial charge >= 0.3 is 0 Å². The van der Waals surface area contributed by atoms with E-state index in [0.717, 1.165) is 65.5 Å². The molecule has 0 N–H and O–H groups in total. The number of rotatable bonds is 6. The van der Waals surface area contributed by atoms with Crippen molar-refractivity contribution in [2.45, 2.75) is 26.2 Å². The maximum Gasteiger partial charge on any atom is 0.268 e. The Morgan fingerprint density at radius 1 is 0.543 bits per heavy atom. The third kappa shape index (κ3) is 7.11. The second-order valence-electron chi connectivity index (χ2n) is 18.0. The molecule has 4 aromatic heterocycles. The van der Waals surface area contributed by atoms with Crippen LogP contribution in [0, 0.1) is 18.5 Å². The molecule has 70 heavy (non-hydrogen) atoms. The Morgan fingerprint density at radius 3 is 1.70 bits per heavy atom. The second-order valence-corrected chi connectivity index (χ2v) is 18.0. The quantitative estimate of drug-likeness (QED) is 0.123. The molecule has 6 heteroatoms. The van der Waals surface area contributed by atoms with E-state index < -0.39 is 60.4 Å². The zero-order valence-electron chi connectivity index (χ0n) is 47.9. The molecule has 0 bridgehead atoms. The summed E-state index contributed by atoms with van der Waals surface area (Å²) in [7, 11) is 0. The van der Waals surface area contributed by atoms with Gasteiger partial charge in [0.2, 0.25) is 0 Å². The summed E-state index contributed by atoms with van der Waals surface area (Å²) in [4.78, 5) is 4.86. The van der Waals surface area contributed by atoms with Gasteiger partial charge in [-0.3, -0.25) is 4.57 Å². The first-order chi connectivity index (χ1) is 38.0. The molecule has 0 radical (unpaired) electrons. The number of para-hydroxylation sites is 3. The minimum atomic E-state index is -0.580. The van der Waals surface area contributed by atoms with Crippen molar-refractivity contribution in [3.63, 3.8) is 0 Å². The summed E-state index contributed by atoms with van der Waals surface area (Å²) < 4.78 is 102. The minimum Gasteiger partial charge on any atom is -0.510 e. The summed E-state index contributed by atoms with van der Waals surface area (Å²) in [5.74, 6) is 1.51. The summed E-state index contributed by atoms with van der Waals surface area (Å²) in [6.07, 6.45) is 5.47. The fourth-order valence-corrected chi connectivity index (χ4v) is 9.78. The van der Waals surface area contributed by atoms with Gasteiger partial charge in [-0.1, -0.05) is 195 Å². The Bertz CT molecular complexity index is 4690. The molecule has 0 spiro atoms. The van der Waals surface area contributed by atoms with E-state index in [1.54, 1.807) is 22.8 Å². The topological polar surface area (TPSA) is 35.3 Å². The molecular formula is C64H44N4OPt-2. The number of hydrogen-bond acceptors (Lipinski definition) is 2. The van der Waals surface area contributed by atoms with Crippen molar-refractivity contribution >= 4 is 70.7 Å². The number of pyridine rings is 1. The Balaban J connectivity index is 0.00000637. The number of nitrogens with zero attached hydrogens (tertiary/aromatic N) is 4. The van der Waals surface area contributed by atoms with Crippen molar-refractivity contribution < 1.29 is 44.1 Å². The Morgan fingerprint density at radius 2 is 1.07 bits per heavy atom. The number of benzene rings is 9. The summed E-state index contributed by atoms with van der Waals surface area (Å²) in [5.41, 5.74) is 4.53. The van der Waals surface area contributed by atoms with E-state index in [0.29, 0.717) is 28.0 Å². The molecule has 4 heterocycles. The first kappa shape index (κ1) is 33.4. The summed E-state index contributed by atoms with van der Waals surface area (Å²) >= 11 is 0. The number of hydrogen-bond donors (Lipinski definition) is 0. The molecular weight excluding hydrogens is 1040 g/mol. The minimum absolute atomic E-state index is 0. The third-order valence-corrected chi connectivity index (χ3v) is 12.9. The molecule has 0 saturated carbocycles. The fraction of sp³-hybridized carbons (Fsp3) is 0.0625. The van der Waals surface area contributed by atoms with Crippen molar-refractivity contribution in [3.05, 3.63) is 236 Å². The van der Waals surface area contributed by atoms with E-state index in [2.05, 4.69) is 86.3 Å². The van der Waals surface area contributed by atoms with E-state index in [1.165, 1.54) is 0 Å². The molecule has 0 atom stereocenters. The van der Waals surface area contributed by atoms with Gasteiger partial charge in [0.15, 0.2) is 0 Å². The first-order valence-electron chi connectivity index (χ1n) is 27.6. The van der Waals surface area contributed by atoms with Gasteiger partial charge in [0, 0.05) is 44.3 Å². The van der Waals surface area contributed by atoms with E-state index >= 15 is 0 Å². The van der Waals surface area contributed by atoms with Crippen LogP contribution in [0.2, 0.25) is 0 Å². The molecule has 0 unspecified atom stereocenters. The monoisotopic (exact) mass is 1090 g/mol. The summed E-state index contributed by atoms with van der Waals surface area (Å²) in [6, 6.07) is 48.8. The molecule has 0 aliphatic heterocycles. The van der Waals surface area contributed by atoms with Gasteiger partial charge in [0.1, 0.15) is 5.82 Å². The van der Waals surface area contributed by atoms with Gasteiger partial charge in [0.05, 0.1) is 30.4 Å². The SMILES string of the molecule is [2H]c1c([2H])c([2H])c(-c2cccc(-c3c([2H])c([2H])c([2H])c([2H])c3[2H])c2-[n+]2[c-]n3c4[c-]c(Oc5[c-]c6c(cc5)c5ccccc5n6-c5cc(C(C)(C)C)ccn5)ccc4c4ccccc4c4ccccc4c4cccc2c43)c([2H])c1[2H].[Pt]. The fourth-order valence-electron chi connectivity index (χ4n) is 9.78. The molecule has 13 rings (SSSR count). The van der Waals surface area contributed by atoms with Crippen LogP contribution in [0.4, 0.5) is 0 Å². The summed E-state index contributed by atoms with van der Waals surface area (Å²) in [5, 5.41) is 7.21. The molecule has 9 aromatic carbocycles. The zero-order valence-corrected chi connectivity index (χ0v) is 40.2. The van der Waals surface area contributed by atoms with Gasteiger partial charge in [-0.25, -0.2) is 4.98 Å². The second kappa shape index (κ2) is 17.1. The zero-order chi connectivity index (χ0) is 54.9. The van der Waals surface area contributed by atoms with Crippen LogP contribution in [0.25, 0.3) is 104 Å². The number of fused-ring (bicyclic) bond motifs is 10. The Hall–Kier alpha value is -8.11. The van der Waals surface area contributed by atoms with Crippen molar-refractivity contribution in [2.24, 2.45) is 0 Å². The third-order valence-electron chi connectivity index (χ3n) is 12.9. The van der Waals surface area contributed by atoms with E-state index in [-0.39, 0.29) is 54.4 Å². The predicted octanol–water partition coefficient (Wildman–Crippen LogP) is 15.7. The van der Waals surface area contributed by atoms with Crippen LogP contribution in [0.15, 0.2) is 212 Å². The van der Waals surface area contributed by atoms with E-state index in [4.69, 9.17) is 17.9 Å². The molecule has 0 aliphatic rings. The maximum absolute atomic E-state index is 9.26. The van der Waals surface area contributed by atoms with Gasteiger partial charge in [0.25, 0.3) is 6.33 Å². The first-order valence-corrected chi connectivity index (χ1v) is 22.6. The van der Waals surface area contributed by atoms with Gasteiger partial charge < -0.3 is 13.7 Å². The van der Waals surface area contributed by atoms with Crippen LogP contribution in [-0.4, -0.2) is 14.0 Å². The molecule has 13 aromatic rings. The van der Waals surface area contributed by atoms with E-state index in [9.17, 15) is 5.48 Å². The smallest absolute Gasteiger partial charge is 0.268 e. The van der Waals surface area contributed by atoms with Crippen molar-refractivity contribution in [1.82, 2.24) is 14.0 Å². The van der Waals surface area contributed by atoms with Gasteiger partial charge in [-0.05, 0) is 83.9 Å². The number of imidazole rings is 1. The molecule has 0 fully saturated rings. The molecule has 0 saturated heterocycles. The van der Waals surface area contributed by atoms with Gasteiger partial charge in [-0.2, -0.15) is 12.1 Å². The molecule has 5 nitrogen and oxygen atoms in total. The molecule has 338 valence electrons. The average molecular weight is 1090 g/mol.